The van der Waals surface area contributed by atoms with E-state index in [4.69, 9.17) is 4.42 Å². The molecule has 2 heterocycles. The van der Waals surface area contributed by atoms with E-state index in [0.717, 1.165) is 16.5 Å². The molecule has 1 aliphatic heterocycles. The summed E-state index contributed by atoms with van der Waals surface area (Å²) in [6.45, 7) is -0.0951. The summed E-state index contributed by atoms with van der Waals surface area (Å²) >= 11 is 0. The van der Waals surface area contributed by atoms with Gasteiger partial charge in [-0.15, -0.1) is 0 Å². The minimum absolute atomic E-state index is 0.0951. The van der Waals surface area contributed by atoms with Gasteiger partial charge in [-0.1, -0.05) is 24.3 Å². The minimum Gasteiger partial charge on any atom is -0.463 e. The number of furan rings is 1. The second kappa shape index (κ2) is 5.66. The van der Waals surface area contributed by atoms with E-state index < -0.39 is 0 Å². The van der Waals surface area contributed by atoms with Gasteiger partial charge in [-0.25, -0.2) is 5.43 Å². The van der Waals surface area contributed by atoms with Crippen LogP contribution in [0, 0.1) is 0 Å². The summed E-state index contributed by atoms with van der Waals surface area (Å²) in [7, 11) is 0. The Balaban J connectivity index is 1.53. The van der Waals surface area contributed by atoms with E-state index in [9.17, 15) is 9.59 Å². The van der Waals surface area contributed by atoms with Crippen LogP contribution in [0.4, 0.5) is 5.69 Å². The van der Waals surface area contributed by atoms with Gasteiger partial charge in [-0.3, -0.25) is 14.5 Å². The molecule has 0 saturated carbocycles. The highest BCUT2D eigenvalue weighted by molar-refractivity contribution is 6.26. The van der Waals surface area contributed by atoms with Crippen molar-refractivity contribution in [1.29, 1.82) is 0 Å². The van der Waals surface area contributed by atoms with E-state index in [1.54, 1.807) is 18.2 Å². The second-order valence-corrected chi connectivity index (χ2v) is 5.38. The third kappa shape index (κ3) is 2.34. The fourth-order valence-corrected chi connectivity index (χ4v) is 2.85. The van der Waals surface area contributed by atoms with Gasteiger partial charge in [0.15, 0.2) is 0 Å². The Bertz CT molecular complexity index is 956. The maximum atomic E-state index is 12.6. The molecule has 118 valence electrons. The Labute approximate surface area is 137 Å². The number of carbonyl (C=O) groups is 2. The second-order valence-electron chi connectivity index (χ2n) is 5.38. The maximum absolute atomic E-state index is 12.6. The Morgan fingerprint density at radius 1 is 1.17 bits per heavy atom. The third-order valence-corrected chi connectivity index (χ3v) is 3.88. The first kappa shape index (κ1) is 14.2. The van der Waals surface area contributed by atoms with Crippen LogP contribution < -0.4 is 10.3 Å². The zero-order valence-corrected chi connectivity index (χ0v) is 12.6. The molecule has 2 aromatic carbocycles. The molecule has 1 aromatic heterocycles. The number of anilines is 1. The van der Waals surface area contributed by atoms with Gasteiger partial charge in [0.1, 0.15) is 12.3 Å². The lowest BCUT2D eigenvalue weighted by Gasteiger charge is -2.16. The van der Waals surface area contributed by atoms with Crippen LogP contribution in [0.15, 0.2) is 64.3 Å². The topological polar surface area (TPSA) is 74.9 Å². The predicted molar refractivity (Wildman–Crippen MR) is 90.1 cm³/mol. The van der Waals surface area contributed by atoms with Crippen molar-refractivity contribution in [3.63, 3.8) is 0 Å². The molecule has 0 fully saturated rings. The molecule has 0 unspecified atom stereocenters. The summed E-state index contributed by atoms with van der Waals surface area (Å²) < 4.78 is 5.08. The smallest absolute Gasteiger partial charge is 0.260 e. The Morgan fingerprint density at radius 3 is 2.79 bits per heavy atom. The lowest BCUT2D eigenvalue weighted by atomic mass is 10.1. The quantitative estimate of drug-likeness (QED) is 0.593. The van der Waals surface area contributed by atoms with Crippen molar-refractivity contribution in [2.45, 2.75) is 0 Å². The number of benzene rings is 2. The maximum Gasteiger partial charge on any atom is 0.260 e. The monoisotopic (exact) mass is 319 g/mol. The summed E-state index contributed by atoms with van der Waals surface area (Å²) in [6, 6.07) is 14.7. The molecular formula is C18H13N3O3. The number of carbonyl (C=O) groups excluding carboxylic acids is 2. The van der Waals surface area contributed by atoms with E-state index in [1.807, 2.05) is 30.3 Å². The zero-order chi connectivity index (χ0) is 16.5. The van der Waals surface area contributed by atoms with Crippen LogP contribution in [0.2, 0.25) is 0 Å². The van der Waals surface area contributed by atoms with E-state index in [1.165, 1.54) is 17.4 Å². The van der Waals surface area contributed by atoms with Gasteiger partial charge in [-0.05, 0) is 29.7 Å². The van der Waals surface area contributed by atoms with Gasteiger partial charge in [0, 0.05) is 10.9 Å². The number of hydrogen-bond acceptors (Lipinski definition) is 4. The summed E-state index contributed by atoms with van der Waals surface area (Å²) in [5.41, 5.74) is 3.77. The van der Waals surface area contributed by atoms with Gasteiger partial charge in [-0.2, -0.15) is 5.10 Å². The predicted octanol–water partition coefficient (Wildman–Crippen LogP) is 2.54. The molecule has 0 saturated heterocycles. The van der Waals surface area contributed by atoms with E-state index in [-0.39, 0.29) is 18.4 Å². The highest BCUT2D eigenvalue weighted by Crippen LogP contribution is 2.36. The summed E-state index contributed by atoms with van der Waals surface area (Å²) in [5, 5.41) is 5.69. The zero-order valence-electron chi connectivity index (χ0n) is 12.6. The molecule has 0 spiro atoms. The Hall–Kier alpha value is -3.41. The fraction of sp³-hybridized carbons (Fsp3) is 0.0556. The average molecular weight is 319 g/mol. The van der Waals surface area contributed by atoms with E-state index in [0.29, 0.717) is 11.3 Å². The fourth-order valence-electron chi connectivity index (χ4n) is 2.85. The van der Waals surface area contributed by atoms with Crippen LogP contribution in [0.25, 0.3) is 10.8 Å². The van der Waals surface area contributed by atoms with Gasteiger partial charge >= 0.3 is 0 Å². The molecule has 6 heteroatoms. The lowest BCUT2D eigenvalue weighted by Crippen LogP contribution is -2.37. The molecule has 1 aliphatic rings. The highest BCUT2D eigenvalue weighted by atomic mass is 16.3. The first-order chi connectivity index (χ1) is 11.7. The molecular weight excluding hydrogens is 306 g/mol. The number of amides is 2. The molecule has 2 amide bonds. The van der Waals surface area contributed by atoms with Crippen LogP contribution >= 0.6 is 0 Å². The standard InChI is InChI=1S/C18H13N3O3/c22-16(20-19-10-13-6-3-9-24-13)11-21-15-8-2-5-12-4-1-7-14(17(12)15)18(21)23/h1-10H,11H2,(H,20,22)/b19-10+. The van der Waals surface area contributed by atoms with Crippen molar-refractivity contribution in [2.24, 2.45) is 5.10 Å². The van der Waals surface area contributed by atoms with Gasteiger partial charge in [0.25, 0.3) is 11.8 Å². The normalized spacial score (nSPS) is 13.2. The molecule has 0 bridgehead atoms. The Morgan fingerprint density at radius 2 is 2.00 bits per heavy atom. The van der Waals surface area contributed by atoms with E-state index in [2.05, 4.69) is 10.5 Å². The molecule has 0 aliphatic carbocycles. The number of nitrogens with one attached hydrogen (secondary N) is 1. The molecule has 24 heavy (non-hydrogen) atoms. The first-order valence-corrected chi connectivity index (χ1v) is 7.43. The van der Waals surface area contributed by atoms with Crippen molar-refractivity contribution in [2.75, 3.05) is 11.4 Å². The number of nitrogens with zero attached hydrogens (tertiary/aromatic N) is 2. The first-order valence-electron chi connectivity index (χ1n) is 7.43. The summed E-state index contributed by atoms with van der Waals surface area (Å²) in [4.78, 5) is 26.1. The van der Waals surface area contributed by atoms with Crippen molar-refractivity contribution >= 4 is 34.5 Å². The molecule has 6 nitrogen and oxygen atoms in total. The van der Waals surface area contributed by atoms with Crippen LogP contribution in [0.5, 0.6) is 0 Å². The number of rotatable bonds is 4. The molecule has 1 N–H and O–H groups in total. The molecule has 0 radical (unpaired) electrons. The number of hydrogen-bond donors (Lipinski definition) is 1. The van der Waals surface area contributed by atoms with Crippen molar-refractivity contribution in [3.05, 3.63) is 66.1 Å². The van der Waals surface area contributed by atoms with Gasteiger partial charge in [0.2, 0.25) is 0 Å². The van der Waals surface area contributed by atoms with Crippen LogP contribution in [0.1, 0.15) is 16.1 Å². The molecule has 0 atom stereocenters. The highest BCUT2D eigenvalue weighted by Gasteiger charge is 2.30. The molecule has 3 aromatic rings. The lowest BCUT2D eigenvalue weighted by molar-refractivity contribution is -0.119. The third-order valence-electron chi connectivity index (χ3n) is 3.88. The van der Waals surface area contributed by atoms with Crippen molar-refractivity contribution < 1.29 is 14.0 Å². The van der Waals surface area contributed by atoms with Crippen molar-refractivity contribution in [3.8, 4) is 0 Å². The molecule has 4 rings (SSSR count). The summed E-state index contributed by atoms with van der Waals surface area (Å²) in [6.07, 6.45) is 2.92. The Kier molecular flexibility index (Phi) is 3.35. The van der Waals surface area contributed by atoms with E-state index >= 15 is 0 Å². The van der Waals surface area contributed by atoms with Gasteiger partial charge in [0.05, 0.1) is 18.2 Å². The SMILES string of the molecule is O=C(CN1C(=O)c2cccc3cccc1c23)N/N=C/c1ccco1. The number of hydrazone groups is 1. The van der Waals surface area contributed by atoms with Crippen LogP contribution in [0.3, 0.4) is 0 Å². The van der Waals surface area contributed by atoms with Crippen LogP contribution in [-0.2, 0) is 4.79 Å². The minimum atomic E-state index is -0.379. The van der Waals surface area contributed by atoms with Gasteiger partial charge < -0.3 is 4.42 Å². The summed E-state index contributed by atoms with van der Waals surface area (Å²) in [5.74, 6) is -0.0207. The van der Waals surface area contributed by atoms with Crippen LogP contribution in [-0.4, -0.2) is 24.6 Å². The average Bonchev–Trinajstić information content (AvgIpc) is 3.19. The van der Waals surface area contributed by atoms with Crippen molar-refractivity contribution in [1.82, 2.24) is 5.43 Å². The largest absolute Gasteiger partial charge is 0.463 e.